The van der Waals surface area contributed by atoms with Gasteiger partial charge in [-0.3, -0.25) is 9.59 Å². The molecule has 3 heterocycles. The summed E-state index contributed by atoms with van der Waals surface area (Å²) in [5.74, 6) is -0.0835. The molecule has 9 heteroatoms. The molecule has 9 nitrogen and oxygen atoms in total. The number of benzene rings is 1. The Hall–Kier alpha value is -2.94. The highest BCUT2D eigenvalue weighted by Crippen LogP contribution is 2.44. The van der Waals surface area contributed by atoms with Crippen molar-refractivity contribution in [3.8, 4) is 17.1 Å². The molecule has 1 unspecified atom stereocenters. The Balaban J connectivity index is 1.39. The van der Waals surface area contributed by atoms with Crippen LogP contribution in [0.4, 0.5) is 0 Å². The summed E-state index contributed by atoms with van der Waals surface area (Å²) in [5, 5.41) is 13.7. The first kappa shape index (κ1) is 20.3. The first-order valence-electron chi connectivity index (χ1n) is 10.1. The molecule has 2 fully saturated rings. The van der Waals surface area contributed by atoms with Crippen LogP contribution < -0.4 is 4.74 Å². The summed E-state index contributed by atoms with van der Waals surface area (Å²) in [4.78, 5) is 30.6. The molecule has 4 rings (SSSR count). The van der Waals surface area contributed by atoms with Crippen LogP contribution in [0, 0.1) is 11.3 Å². The van der Waals surface area contributed by atoms with E-state index in [0.29, 0.717) is 62.0 Å². The maximum atomic E-state index is 12.8. The number of amides is 1. The predicted octanol–water partition coefficient (Wildman–Crippen LogP) is 2.02. The van der Waals surface area contributed by atoms with Crippen LogP contribution in [-0.2, 0) is 20.7 Å². The molecule has 160 valence electrons. The maximum Gasteiger partial charge on any atom is 0.308 e. The molecular weight excluding hydrogens is 390 g/mol. The number of para-hydroxylation sites is 1. The summed E-state index contributed by atoms with van der Waals surface area (Å²) < 4.78 is 16.0. The van der Waals surface area contributed by atoms with Crippen LogP contribution in [0.5, 0.6) is 5.75 Å². The number of hydrogen-bond donors (Lipinski definition) is 1. The lowest BCUT2D eigenvalue weighted by molar-refractivity contribution is -0.146. The summed E-state index contributed by atoms with van der Waals surface area (Å²) >= 11 is 0. The molecule has 1 spiro atoms. The molecule has 2 saturated heterocycles. The van der Waals surface area contributed by atoms with Gasteiger partial charge in [-0.2, -0.15) is 4.98 Å². The number of aromatic nitrogens is 2. The zero-order valence-corrected chi connectivity index (χ0v) is 16.9. The van der Waals surface area contributed by atoms with Crippen molar-refractivity contribution >= 4 is 11.9 Å². The molecule has 2 aliphatic rings. The van der Waals surface area contributed by atoms with Gasteiger partial charge in [0.1, 0.15) is 5.75 Å². The quantitative estimate of drug-likeness (QED) is 0.762. The Labute approximate surface area is 174 Å². The van der Waals surface area contributed by atoms with Gasteiger partial charge in [-0.25, -0.2) is 0 Å². The molecule has 0 aliphatic carbocycles. The Kier molecular flexibility index (Phi) is 5.72. The minimum absolute atomic E-state index is 0.0957. The molecule has 1 aromatic carbocycles. The van der Waals surface area contributed by atoms with Gasteiger partial charge in [0, 0.05) is 44.6 Å². The predicted molar refractivity (Wildman–Crippen MR) is 105 cm³/mol. The topological polar surface area (TPSA) is 115 Å². The van der Waals surface area contributed by atoms with E-state index in [1.165, 1.54) is 0 Å². The normalized spacial score (nSPS) is 20.4. The Morgan fingerprint density at radius 3 is 2.80 bits per heavy atom. The Morgan fingerprint density at radius 2 is 2.07 bits per heavy atom. The second-order valence-corrected chi connectivity index (χ2v) is 7.85. The van der Waals surface area contributed by atoms with Gasteiger partial charge in [0.25, 0.3) is 0 Å². The van der Waals surface area contributed by atoms with Gasteiger partial charge in [0.2, 0.25) is 17.6 Å². The van der Waals surface area contributed by atoms with Crippen LogP contribution in [0.25, 0.3) is 11.4 Å². The van der Waals surface area contributed by atoms with Crippen molar-refractivity contribution in [2.75, 3.05) is 33.4 Å². The highest BCUT2D eigenvalue weighted by Gasteiger charge is 2.51. The number of likely N-dealkylation sites (tertiary alicyclic amines) is 1. The second-order valence-electron chi connectivity index (χ2n) is 7.85. The average molecular weight is 415 g/mol. The highest BCUT2D eigenvalue weighted by molar-refractivity contribution is 5.79. The van der Waals surface area contributed by atoms with E-state index in [2.05, 4.69) is 10.1 Å². The number of carboxylic acid groups (broad SMARTS) is 1. The van der Waals surface area contributed by atoms with E-state index in [1.807, 2.05) is 24.3 Å². The first-order chi connectivity index (χ1) is 14.5. The van der Waals surface area contributed by atoms with Crippen LogP contribution in [0.15, 0.2) is 28.8 Å². The molecular formula is C21H25N3O6. The summed E-state index contributed by atoms with van der Waals surface area (Å²) in [6, 6.07) is 7.36. The molecule has 2 aromatic rings. The summed E-state index contributed by atoms with van der Waals surface area (Å²) in [6.45, 7) is 1.78. The van der Waals surface area contributed by atoms with E-state index < -0.39 is 11.9 Å². The van der Waals surface area contributed by atoms with Gasteiger partial charge in [-0.1, -0.05) is 17.3 Å². The van der Waals surface area contributed by atoms with Crippen LogP contribution in [0.3, 0.4) is 0 Å². The molecule has 30 heavy (non-hydrogen) atoms. The number of carboxylic acids is 1. The number of carbonyl (C=O) groups excluding carboxylic acids is 1. The minimum Gasteiger partial charge on any atom is -0.496 e. The third-order valence-electron chi connectivity index (χ3n) is 6.16. The number of nitrogens with zero attached hydrogens (tertiary/aromatic N) is 3. The van der Waals surface area contributed by atoms with Gasteiger partial charge >= 0.3 is 5.97 Å². The number of ether oxygens (including phenoxy) is 2. The highest BCUT2D eigenvalue weighted by atomic mass is 16.5. The van der Waals surface area contributed by atoms with E-state index in [0.717, 1.165) is 0 Å². The number of carbonyl (C=O) groups is 2. The fourth-order valence-corrected chi connectivity index (χ4v) is 4.45. The molecule has 1 aromatic heterocycles. The Bertz CT molecular complexity index is 921. The molecule has 1 atom stereocenters. The van der Waals surface area contributed by atoms with Crippen LogP contribution in [-0.4, -0.2) is 65.4 Å². The first-order valence-corrected chi connectivity index (χ1v) is 10.1. The van der Waals surface area contributed by atoms with Crippen molar-refractivity contribution in [2.24, 2.45) is 11.3 Å². The van der Waals surface area contributed by atoms with Crippen molar-refractivity contribution in [1.29, 1.82) is 0 Å². The van der Waals surface area contributed by atoms with Crippen LogP contribution in [0.2, 0.25) is 0 Å². The van der Waals surface area contributed by atoms with E-state index in [9.17, 15) is 14.7 Å². The van der Waals surface area contributed by atoms with E-state index >= 15 is 0 Å². The average Bonchev–Trinajstić information content (AvgIpc) is 3.38. The number of hydrogen-bond acceptors (Lipinski definition) is 7. The second kappa shape index (κ2) is 8.43. The largest absolute Gasteiger partial charge is 0.496 e. The minimum atomic E-state index is -0.842. The van der Waals surface area contributed by atoms with Crippen LogP contribution in [0.1, 0.15) is 25.2 Å². The summed E-state index contributed by atoms with van der Waals surface area (Å²) in [6.07, 6.45) is 1.82. The number of aliphatic carboxylic acids is 1. The standard InChI is InChI=1S/C21H25N3O6/c1-28-16-5-3-2-4-14(16)19-22-17(30-23-19)6-7-18(25)24-12-15(20(26)27)21(13-24)8-10-29-11-9-21/h2-5,15H,6-13H2,1H3,(H,26,27). The third kappa shape index (κ3) is 3.89. The van der Waals surface area contributed by atoms with Gasteiger partial charge in [0.15, 0.2) is 0 Å². The molecule has 2 aliphatic heterocycles. The SMILES string of the molecule is COc1ccccc1-c1noc(CCC(=O)N2CC(C(=O)O)C3(CCOCC3)C2)n1. The third-order valence-corrected chi connectivity index (χ3v) is 6.16. The van der Waals surface area contributed by atoms with Crippen molar-refractivity contribution in [1.82, 2.24) is 15.0 Å². The molecule has 0 radical (unpaired) electrons. The number of methoxy groups -OCH3 is 1. The zero-order chi connectivity index (χ0) is 21.1. The van der Waals surface area contributed by atoms with Crippen molar-refractivity contribution in [3.05, 3.63) is 30.2 Å². The fraction of sp³-hybridized carbons (Fsp3) is 0.524. The van der Waals surface area contributed by atoms with Gasteiger partial charge < -0.3 is 24.0 Å². The number of aryl methyl sites for hydroxylation is 1. The fourth-order valence-electron chi connectivity index (χ4n) is 4.45. The summed E-state index contributed by atoms with van der Waals surface area (Å²) in [7, 11) is 1.57. The van der Waals surface area contributed by atoms with E-state index in [-0.39, 0.29) is 24.3 Å². The molecule has 0 saturated carbocycles. The lowest BCUT2D eigenvalue weighted by Crippen LogP contribution is -2.40. The van der Waals surface area contributed by atoms with Gasteiger partial charge in [-0.05, 0) is 25.0 Å². The summed E-state index contributed by atoms with van der Waals surface area (Å²) in [5.41, 5.74) is 0.327. The van der Waals surface area contributed by atoms with Crippen LogP contribution >= 0.6 is 0 Å². The van der Waals surface area contributed by atoms with Crippen molar-refractivity contribution in [3.63, 3.8) is 0 Å². The van der Waals surface area contributed by atoms with Gasteiger partial charge in [0.05, 0.1) is 18.6 Å². The molecule has 1 N–H and O–H groups in total. The smallest absolute Gasteiger partial charge is 0.308 e. The number of rotatable bonds is 6. The molecule has 0 bridgehead atoms. The Morgan fingerprint density at radius 1 is 1.30 bits per heavy atom. The maximum absolute atomic E-state index is 12.8. The van der Waals surface area contributed by atoms with Crippen molar-refractivity contribution in [2.45, 2.75) is 25.7 Å². The molecule has 1 amide bonds. The monoisotopic (exact) mass is 415 g/mol. The van der Waals surface area contributed by atoms with E-state index in [1.54, 1.807) is 12.0 Å². The van der Waals surface area contributed by atoms with Gasteiger partial charge in [-0.15, -0.1) is 0 Å². The lowest BCUT2D eigenvalue weighted by atomic mass is 9.72. The zero-order valence-electron chi connectivity index (χ0n) is 16.9. The van der Waals surface area contributed by atoms with E-state index in [4.69, 9.17) is 14.0 Å². The lowest BCUT2D eigenvalue weighted by Gasteiger charge is -2.36. The van der Waals surface area contributed by atoms with Crippen molar-refractivity contribution < 1.29 is 28.7 Å².